The van der Waals surface area contributed by atoms with Crippen molar-refractivity contribution in [1.82, 2.24) is 0 Å². The molecule has 2 aromatic carbocycles. The molecule has 3 rings (SSSR count). The molecule has 0 aliphatic carbocycles. The molecule has 0 unspecified atom stereocenters. The van der Waals surface area contributed by atoms with E-state index in [2.05, 4.69) is 41.8 Å². The summed E-state index contributed by atoms with van der Waals surface area (Å²) in [5.41, 5.74) is 3.23. The van der Waals surface area contributed by atoms with E-state index in [9.17, 15) is 4.79 Å². The minimum absolute atomic E-state index is 0.0393. The lowest BCUT2D eigenvalue weighted by molar-refractivity contribution is -0.125. The summed E-state index contributed by atoms with van der Waals surface area (Å²) >= 11 is 0. The predicted octanol–water partition coefficient (Wildman–Crippen LogP) is 3.95. The maximum absolute atomic E-state index is 12.4. The zero-order valence-corrected chi connectivity index (χ0v) is 14.7. The summed E-state index contributed by atoms with van der Waals surface area (Å²) < 4.78 is 5.41. The lowest BCUT2D eigenvalue weighted by atomic mass is 9.89. The Labute approximate surface area is 149 Å². The van der Waals surface area contributed by atoms with Crippen LogP contribution < -0.4 is 10.6 Å². The summed E-state index contributed by atoms with van der Waals surface area (Å²) in [6.45, 7) is 4.30. The number of carbonyl (C=O) groups excluding carboxylic acids is 1. The van der Waals surface area contributed by atoms with E-state index in [1.807, 2.05) is 30.3 Å². The van der Waals surface area contributed by atoms with Crippen LogP contribution in [0.3, 0.4) is 0 Å². The van der Waals surface area contributed by atoms with Crippen LogP contribution in [0, 0.1) is 11.8 Å². The largest absolute Gasteiger partial charge is 0.385 e. The van der Waals surface area contributed by atoms with Crippen LogP contribution in [0.5, 0.6) is 0 Å². The first-order valence-corrected chi connectivity index (χ1v) is 8.99. The third-order valence-electron chi connectivity index (χ3n) is 4.72. The number of hydrogen-bond donors (Lipinski definition) is 2. The lowest BCUT2D eigenvalue weighted by Crippen LogP contribution is -2.34. The van der Waals surface area contributed by atoms with E-state index in [0.717, 1.165) is 30.8 Å². The maximum atomic E-state index is 12.4. The number of hydrogen-bond acceptors (Lipinski definition) is 3. The molecule has 0 radical (unpaired) electrons. The third kappa shape index (κ3) is 5.07. The molecule has 1 fully saturated rings. The van der Waals surface area contributed by atoms with Gasteiger partial charge in [-0.25, -0.2) is 0 Å². The fourth-order valence-electron chi connectivity index (χ4n) is 3.17. The van der Waals surface area contributed by atoms with Crippen molar-refractivity contribution in [2.75, 3.05) is 30.4 Å². The monoisotopic (exact) mass is 338 g/mol. The van der Waals surface area contributed by atoms with Gasteiger partial charge in [0, 0.05) is 37.1 Å². The average Bonchev–Trinajstić information content (AvgIpc) is 2.64. The highest BCUT2D eigenvalue weighted by molar-refractivity contribution is 5.92. The SMILES string of the molecule is C[C@H]1COCC[C@@H]1C(=O)Nc1ccc(NCCc2ccccc2)cc1. The van der Waals surface area contributed by atoms with E-state index < -0.39 is 0 Å². The van der Waals surface area contributed by atoms with Crippen LogP contribution in [-0.2, 0) is 16.0 Å². The first kappa shape index (κ1) is 17.5. The van der Waals surface area contributed by atoms with Gasteiger partial charge in [0.15, 0.2) is 0 Å². The predicted molar refractivity (Wildman–Crippen MR) is 102 cm³/mol. The number of carbonyl (C=O) groups is 1. The van der Waals surface area contributed by atoms with Crippen molar-refractivity contribution in [2.24, 2.45) is 11.8 Å². The zero-order valence-electron chi connectivity index (χ0n) is 14.7. The molecule has 2 atom stereocenters. The van der Waals surface area contributed by atoms with Crippen LogP contribution in [0.4, 0.5) is 11.4 Å². The van der Waals surface area contributed by atoms with Crippen LogP contribution >= 0.6 is 0 Å². The van der Waals surface area contributed by atoms with Gasteiger partial charge in [0.2, 0.25) is 5.91 Å². The zero-order chi connectivity index (χ0) is 17.5. The van der Waals surface area contributed by atoms with E-state index in [0.29, 0.717) is 13.2 Å². The molecular weight excluding hydrogens is 312 g/mol. The molecule has 1 amide bonds. The molecule has 132 valence electrons. The van der Waals surface area contributed by atoms with Crippen molar-refractivity contribution in [1.29, 1.82) is 0 Å². The summed E-state index contributed by atoms with van der Waals surface area (Å²) in [6, 6.07) is 18.3. The van der Waals surface area contributed by atoms with Crippen LogP contribution in [0.1, 0.15) is 18.9 Å². The Kier molecular flexibility index (Phi) is 6.07. The van der Waals surface area contributed by atoms with Crippen molar-refractivity contribution in [2.45, 2.75) is 19.8 Å². The standard InChI is InChI=1S/C21H26N2O2/c1-16-15-25-14-12-20(16)21(24)23-19-9-7-18(8-10-19)22-13-11-17-5-3-2-4-6-17/h2-10,16,20,22H,11-15H2,1H3,(H,23,24)/t16-,20-/m0/s1. The highest BCUT2D eigenvalue weighted by atomic mass is 16.5. The molecule has 1 heterocycles. The highest BCUT2D eigenvalue weighted by Crippen LogP contribution is 2.23. The van der Waals surface area contributed by atoms with Gasteiger partial charge >= 0.3 is 0 Å². The average molecular weight is 338 g/mol. The van der Waals surface area contributed by atoms with Gasteiger partial charge in [-0.2, -0.15) is 0 Å². The second-order valence-electron chi connectivity index (χ2n) is 6.68. The minimum atomic E-state index is 0.0393. The van der Waals surface area contributed by atoms with Crippen molar-refractivity contribution in [3.8, 4) is 0 Å². The van der Waals surface area contributed by atoms with Crippen LogP contribution in [-0.4, -0.2) is 25.7 Å². The lowest BCUT2D eigenvalue weighted by Gasteiger charge is -2.27. The van der Waals surface area contributed by atoms with Crippen LogP contribution in [0.2, 0.25) is 0 Å². The molecule has 1 saturated heterocycles. The number of rotatable bonds is 6. The van der Waals surface area contributed by atoms with Gasteiger partial charge in [-0.3, -0.25) is 4.79 Å². The Hall–Kier alpha value is -2.33. The Bertz CT molecular complexity index is 670. The molecule has 1 aliphatic rings. The molecule has 0 aromatic heterocycles. The van der Waals surface area contributed by atoms with Crippen molar-refractivity contribution in [3.63, 3.8) is 0 Å². The molecule has 2 N–H and O–H groups in total. The Morgan fingerprint density at radius 2 is 1.80 bits per heavy atom. The number of ether oxygens (including phenoxy) is 1. The second-order valence-corrected chi connectivity index (χ2v) is 6.68. The third-order valence-corrected chi connectivity index (χ3v) is 4.72. The van der Waals surface area contributed by atoms with Crippen molar-refractivity contribution < 1.29 is 9.53 Å². The summed E-state index contributed by atoms with van der Waals surface area (Å²) in [5.74, 6) is 0.408. The maximum Gasteiger partial charge on any atom is 0.227 e. The van der Waals surface area contributed by atoms with Crippen LogP contribution in [0.15, 0.2) is 54.6 Å². The Balaban J connectivity index is 1.47. The van der Waals surface area contributed by atoms with Gasteiger partial charge in [-0.05, 0) is 48.6 Å². The molecule has 25 heavy (non-hydrogen) atoms. The first-order valence-electron chi connectivity index (χ1n) is 8.99. The van der Waals surface area contributed by atoms with E-state index in [1.165, 1.54) is 5.56 Å². The summed E-state index contributed by atoms with van der Waals surface area (Å²) in [4.78, 5) is 12.4. The van der Waals surface area contributed by atoms with Gasteiger partial charge in [0.05, 0.1) is 0 Å². The van der Waals surface area contributed by atoms with Gasteiger partial charge in [-0.15, -0.1) is 0 Å². The molecule has 2 aromatic rings. The molecule has 0 saturated carbocycles. The second kappa shape index (κ2) is 8.67. The van der Waals surface area contributed by atoms with Crippen LogP contribution in [0.25, 0.3) is 0 Å². The van der Waals surface area contributed by atoms with Gasteiger partial charge in [-0.1, -0.05) is 37.3 Å². The van der Waals surface area contributed by atoms with E-state index in [-0.39, 0.29) is 17.7 Å². The molecular formula is C21H26N2O2. The van der Waals surface area contributed by atoms with Crippen molar-refractivity contribution >= 4 is 17.3 Å². The normalized spacial score (nSPS) is 20.0. The van der Waals surface area contributed by atoms with Crippen molar-refractivity contribution in [3.05, 3.63) is 60.2 Å². The number of benzene rings is 2. The fourth-order valence-corrected chi connectivity index (χ4v) is 3.17. The fraction of sp³-hybridized carbons (Fsp3) is 0.381. The molecule has 0 spiro atoms. The number of nitrogens with one attached hydrogen (secondary N) is 2. The minimum Gasteiger partial charge on any atom is -0.385 e. The summed E-state index contributed by atoms with van der Waals surface area (Å²) in [5, 5.41) is 6.44. The topological polar surface area (TPSA) is 50.4 Å². The Morgan fingerprint density at radius 3 is 2.52 bits per heavy atom. The molecule has 1 aliphatic heterocycles. The summed E-state index contributed by atoms with van der Waals surface area (Å²) in [7, 11) is 0. The van der Waals surface area contributed by atoms with Gasteiger partial charge in [0.25, 0.3) is 0 Å². The molecule has 0 bridgehead atoms. The molecule has 4 nitrogen and oxygen atoms in total. The number of amides is 1. The first-order chi connectivity index (χ1) is 12.2. The highest BCUT2D eigenvalue weighted by Gasteiger charge is 2.28. The Morgan fingerprint density at radius 1 is 1.08 bits per heavy atom. The quantitative estimate of drug-likeness (QED) is 0.838. The van der Waals surface area contributed by atoms with Gasteiger partial charge in [0.1, 0.15) is 0 Å². The van der Waals surface area contributed by atoms with E-state index >= 15 is 0 Å². The summed E-state index contributed by atoms with van der Waals surface area (Å²) in [6.07, 6.45) is 1.78. The van der Waals surface area contributed by atoms with E-state index in [1.54, 1.807) is 0 Å². The molecule has 4 heteroatoms. The van der Waals surface area contributed by atoms with Gasteiger partial charge < -0.3 is 15.4 Å². The smallest absolute Gasteiger partial charge is 0.227 e. The van der Waals surface area contributed by atoms with E-state index in [4.69, 9.17) is 4.74 Å². The number of anilines is 2.